The molecule has 0 radical (unpaired) electrons. The zero-order chi connectivity index (χ0) is 24.6. The van der Waals surface area contributed by atoms with Crippen molar-refractivity contribution in [3.8, 4) is 17.2 Å². The lowest BCUT2D eigenvalue weighted by Gasteiger charge is -2.24. The highest BCUT2D eigenvalue weighted by molar-refractivity contribution is 6.00. The summed E-state index contributed by atoms with van der Waals surface area (Å²) in [6.07, 6.45) is -4.75. The first-order chi connectivity index (χ1) is 16.7. The molecular formula is C24H23F3N4O4. The van der Waals surface area contributed by atoms with E-state index in [1.54, 1.807) is 4.90 Å². The van der Waals surface area contributed by atoms with Crippen LogP contribution < -0.4 is 4.74 Å². The topological polar surface area (TPSA) is 80.9 Å². The van der Waals surface area contributed by atoms with E-state index < -0.39 is 6.36 Å². The highest BCUT2D eigenvalue weighted by Crippen LogP contribution is 2.32. The van der Waals surface area contributed by atoms with Gasteiger partial charge in [-0.15, -0.1) is 13.2 Å². The van der Waals surface area contributed by atoms with E-state index in [-0.39, 0.29) is 18.2 Å². The van der Waals surface area contributed by atoms with E-state index in [9.17, 15) is 18.0 Å². The fraction of sp³-hybridized carbons (Fsp3) is 0.375. The van der Waals surface area contributed by atoms with Crippen molar-refractivity contribution < 1.29 is 32.0 Å². The lowest BCUT2D eigenvalue weighted by Crippen LogP contribution is -2.35. The van der Waals surface area contributed by atoms with Gasteiger partial charge in [0.2, 0.25) is 0 Å². The van der Waals surface area contributed by atoms with Gasteiger partial charge in [-0.25, -0.2) is 0 Å². The number of ether oxygens (including phenoxy) is 2. The van der Waals surface area contributed by atoms with Gasteiger partial charge in [0.25, 0.3) is 11.8 Å². The van der Waals surface area contributed by atoms with Crippen molar-refractivity contribution in [3.05, 3.63) is 64.5 Å². The maximum Gasteiger partial charge on any atom is 0.573 e. The lowest BCUT2D eigenvalue weighted by atomic mass is 10.0. The SMILES string of the molecule is Cc1cc(-c2nc(CN3CCOCC3)no2)cc2c1C(=O)N(Cc1ccc(OC(F)(F)F)cc1)C2. The van der Waals surface area contributed by atoms with Crippen molar-refractivity contribution in [3.63, 3.8) is 0 Å². The van der Waals surface area contributed by atoms with Gasteiger partial charge in [-0.2, -0.15) is 4.98 Å². The van der Waals surface area contributed by atoms with E-state index in [4.69, 9.17) is 9.26 Å². The first-order valence-corrected chi connectivity index (χ1v) is 11.2. The summed E-state index contributed by atoms with van der Waals surface area (Å²) in [5.74, 6) is 0.560. The number of rotatable bonds is 6. The first kappa shape index (κ1) is 23.3. The fourth-order valence-corrected chi connectivity index (χ4v) is 4.39. The number of fused-ring (bicyclic) bond motifs is 1. The van der Waals surface area contributed by atoms with Crippen LogP contribution in [0.15, 0.2) is 40.9 Å². The van der Waals surface area contributed by atoms with Crippen LogP contribution in [0.5, 0.6) is 5.75 Å². The van der Waals surface area contributed by atoms with E-state index in [0.29, 0.717) is 49.1 Å². The molecule has 8 nitrogen and oxygen atoms in total. The Hall–Kier alpha value is -3.44. The summed E-state index contributed by atoms with van der Waals surface area (Å²) in [5.41, 5.74) is 3.70. The molecule has 3 aromatic rings. The molecule has 0 N–H and O–H groups in total. The summed E-state index contributed by atoms with van der Waals surface area (Å²) in [7, 11) is 0. The van der Waals surface area contributed by atoms with Gasteiger partial charge in [0.05, 0.1) is 19.8 Å². The Morgan fingerprint density at radius 3 is 2.54 bits per heavy atom. The zero-order valence-electron chi connectivity index (χ0n) is 19.0. The van der Waals surface area contributed by atoms with Crippen LogP contribution in [0.1, 0.15) is 32.9 Å². The van der Waals surface area contributed by atoms with Gasteiger partial charge in [0.1, 0.15) is 5.75 Å². The molecule has 0 spiro atoms. The normalized spacial score (nSPS) is 16.6. The van der Waals surface area contributed by atoms with Gasteiger partial charge in [-0.1, -0.05) is 17.3 Å². The molecule has 2 aliphatic rings. The minimum Gasteiger partial charge on any atom is -0.406 e. The Kier molecular flexibility index (Phi) is 6.20. The maximum absolute atomic E-state index is 13.0. The largest absolute Gasteiger partial charge is 0.573 e. The number of aryl methyl sites for hydroxylation is 1. The molecule has 1 saturated heterocycles. The smallest absolute Gasteiger partial charge is 0.406 e. The van der Waals surface area contributed by atoms with Crippen LogP contribution >= 0.6 is 0 Å². The molecule has 184 valence electrons. The summed E-state index contributed by atoms with van der Waals surface area (Å²) in [6.45, 7) is 6.08. The lowest BCUT2D eigenvalue weighted by molar-refractivity contribution is -0.274. The number of carbonyl (C=O) groups is 1. The molecule has 0 unspecified atom stereocenters. The van der Waals surface area contributed by atoms with Crippen LogP contribution in [0.4, 0.5) is 13.2 Å². The third-order valence-electron chi connectivity index (χ3n) is 5.99. The van der Waals surface area contributed by atoms with Gasteiger partial charge in [-0.3, -0.25) is 9.69 Å². The van der Waals surface area contributed by atoms with Gasteiger partial charge < -0.3 is 18.9 Å². The van der Waals surface area contributed by atoms with Crippen molar-refractivity contribution in [1.29, 1.82) is 0 Å². The van der Waals surface area contributed by atoms with E-state index in [2.05, 4.69) is 19.8 Å². The first-order valence-electron chi connectivity index (χ1n) is 11.2. The van der Waals surface area contributed by atoms with E-state index in [1.807, 2.05) is 19.1 Å². The molecule has 0 saturated carbocycles. The molecule has 2 aliphatic heterocycles. The number of hydrogen-bond acceptors (Lipinski definition) is 7. The Bertz CT molecular complexity index is 1220. The molecule has 35 heavy (non-hydrogen) atoms. The van der Waals surface area contributed by atoms with E-state index >= 15 is 0 Å². The van der Waals surface area contributed by atoms with Crippen LogP contribution in [0.25, 0.3) is 11.5 Å². The molecule has 1 fully saturated rings. The molecule has 11 heteroatoms. The van der Waals surface area contributed by atoms with Crippen molar-refractivity contribution in [2.75, 3.05) is 26.3 Å². The molecule has 1 aromatic heterocycles. The van der Waals surface area contributed by atoms with Gasteiger partial charge in [0.15, 0.2) is 5.82 Å². The zero-order valence-corrected chi connectivity index (χ0v) is 19.0. The molecule has 1 amide bonds. The number of amides is 1. The van der Waals surface area contributed by atoms with Crippen LogP contribution in [-0.2, 0) is 24.4 Å². The molecule has 3 heterocycles. The number of alkyl halides is 3. The second-order valence-electron chi connectivity index (χ2n) is 8.58. The van der Waals surface area contributed by atoms with Gasteiger partial charge >= 0.3 is 6.36 Å². The number of morpholine rings is 1. The van der Waals surface area contributed by atoms with Gasteiger partial charge in [-0.05, 0) is 47.9 Å². The second-order valence-corrected chi connectivity index (χ2v) is 8.58. The van der Waals surface area contributed by atoms with E-state index in [0.717, 1.165) is 29.8 Å². The predicted molar refractivity (Wildman–Crippen MR) is 117 cm³/mol. The third-order valence-corrected chi connectivity index (χ3v) is 5.99. The van der Waals surface area contributed by atoms with Crippen LogP contribution in [0, 0.1) is 6.92 Å². The third kappa shape index (κ3) is 5.30. The van der Waals surface area contributed by atoms with Crippen molar-refractivity contribution in [2.24, 2.45) is 0 Å². The minimum absolute atomic E-state index is 0.127. The molecule has 2 aromatic carbocycles. The molecule has 0 aliphatic carbocycles. The van der Waals surface area contributed by atoms with E-state index in [1.165, 1.54) is 24.3 Å². The summed E-state index contributed by atoms with van der Waals surface area (Å²) < 4.78 is 51.9. The molecule has 5 rings (SSSR count). The van der Waals surface area contributed by atoms with Gasteiger partial charge in [0, 0.05) is 37.3 Å². The number of nitrogens with zero attached hydrogens (tertiary/aromatic N) is 4. The van der Waals surface area contributed by atoms with Crippen LogP contribution in [-0.4, -0.2) is 58.5 Å². The standard InChI is InChI=1S/C24H23F3N4O4/c1-15-10-17(22-28-20(29-35-22)14-30-6-8-33-9-7-30)11-18-13-31(23(32)21(15)18)12-16-2-4-19(5-3-16)34-24(25,26)27/h2-5,10-11H,6-9,12-14H2,1H3. The maximum atomic E-state index is 13.0. The fourth-order valence-electron chi connectivity index (χ4n) is 4.39. The number of benzene rings is 2. The van der Waals surface area contributed by atoms with Crippen molar-refractivity contribution >= 4 is 5.91 Å². The van der Waals surface area contributed by atoms with Crippen molar-refractivity contribution in [2.45, 2.75) is 32.9 Å². The quantitative estimate of drug-likeness (QED) is 0.520. The molecular weight excluding hydrogens is 465 g/mol. The molecule has 0 bridgehead atoms. The van der Waals surface area contributed by atoms with Crippen LogP contribution in [0.3, 0.4) is 0 Å². The summed E-state index contributed by atoms with van der Waals surface area (Å²) in [6, 6.07) is 9.25. The number of halogens is 3. The van der Waals surface area contributed by atoms with Crippen molar-refractivity contribution in [1.82, 2.24) is 19.9 Å². The monoisotopic (exact) mass is 488 g/mol. The summed E-state index contributed by atoms with van der Waals surface area (Å²) in [4.78, 5) is 21.4. The number of hydrogen-bond donors (Lipinski definition) is 0. The Morgan fingerprint density at radius 1 is 1.09 bits per heavy atom. The minimum atomic E-state index is -4.75. The summed E-state index contributed by atoms with van der Waals surface area (Å²) in [5, 5.41) is 4.10. The highest BCUT2D eigenvalue weighted by Gasteiger charge is 2.32. The van der Waals surface area contributed by atoms with Crippen LogP contribution in [0.2, 0.25) is 0 Å². The Morgan fingerprint density at radius 2 is 1.83 bits per heavy atom. The molecule has 0 atom stereocenters. The summed E-state index contributed by atoms with van der Waals surface area (Å²) >= 11 is 0. The average Bonchev–Trinajstić information content (AvgIpc) is 3.39. The predicted octanol–water partition coefficient (Wildman–Crippen LogP) is 3.93. The highest BCUT2D eigenvalue weighted by atomic mass is 19.4. The Balaban J connectivity index is 1.29. The second kappa shape index (κ2) is 9.31. The average molecular weight is 488 g/mol. The Labute approximate surface area is 199 Å². The number of carbonyl (C=O) groups excluding carboxylic acids is 1. The number of aromatic nitrogens is 2.